The van der Waals surface area contributed by atoms with Crippen LogP contribution in [0.15, 0.2) is 81.4 Å². The maximum atomic E-state index is 13.6. The van der Waals surface area contributed by atoms with Crippen molar-refractivity contribution in [2.75, 3.05) is 0 Å². The second-order valence-corrected chi connectivity index (χ2v) is 11.1. The Bertz CT molecular complexity index is 1690. The summed E-state index contributed by atoms with van der Waals surface area (Å²) in [5.41, 5.74) is 0.458. The van der Waals surface area contributed by atoms with Gasteiger partial charge in [0.15, 0.2) is 0 Å². The van der Waals surface area contributed by atoms with Gasteiger partial charge in [0, 0.05) is 15.7 Å². The highest BCUT2D eigenvalue weighted by Gasteiger charge is 2.33. The van der Waals surface area contributed by atoms with Crippen LogP contribution >= 0.6 is 46.3 Å². The van der Waals surface area contributed by atoms with Crippen LogP contribution in [0.25, 0.3) is 15.3 Å². The zero-order valence-corrected chi connectivity index (χ0v) is 22.7. The van der Waals surface area contributed by atoms with E-state index in [0.29, 0.717) is 21.6 Å². The Balaban J connectivity index is 1.59. The number of fused-ring (bicyclic) bond motifs is 1. The molecule has 0 bridgehead atoms. The minimum Gasteiger partial charge on any atom is -0.291 e. The molecular weight excluding hydrogens is 576 g/mol. The predicted octanol–water partition coefficient (Wildman–Crippen LogP) is 8.53. The number of rotatable bonds is 6. The highest BCUT2D eigenvalue weighted by Crippen LogP contribution is 2.37. The predicted molar refractivity (Wildman–Crippen MR) is 149 cm³/mol. The SMILES string of the molecule is CC(=Nc1ccc(Cl)c(C(F)(F)F)c1)c1c(CSc2ccc(Cl)cc2)[nH]n(-c2nc3ccccc3s2)c1=O. The summed E-state index contributed by atoms with van der Waals surface area (Å²) in [6.45, 7) is 1.59. The Morgan fingerprint density at radius 1 is 1.11 bits per heavy atom. The summed E-state index contributed by atoms with van der Waals surface area (Å²) in [5.74, 6) is 0.366. The second kappa shape index (κ2) is 10.6. The van der Waals surface area contributed by atoms with Crippen LogP contribution in [-0.2, 0) is 11.9 Å². The molecule has 3 aromatic carbocycles. The van der Waals surface area contributed by atoms with Gasteiger partial charge >= 0.3 is 6.18 Å². The monoisotopic (exact) mass is 592 g/mol. The third kappa shape index (κ3) is 5.54. The summed E-state index contributed by atoms with van der Waals surface area (Å²) in [5, 5.41) is 3.77. The zero-order valence-electron chi connectivity index (χ0n) is 19.5. The number of nitrogens with zero attached hydrogens (tertiary/aromatic N) is 3. The van der Waals surface area contributed by atoms with Gasteiger partial charge in [-0.2, -0.15) is 17.9 Å². The molecular formula is C26H17Cl2F3N4OS2. The largest absolute Gasteiger partial charge is 0.417 e. The number of aromatic nitrogens is 3. The summed E-state index contributed by atoms with van der Waals surface area (Å²) < 4.78 is 42.4. The Morgan fingerprint density at radius 3 is 2.55 bits per heavy atom. The average Bonchev–Trinajstić information content (AvgIpc) is 3.44. The molecule has 5 rings (SSSR count). The maximum absolute atomic E-state index is 13.6. The van der Waals surface area contributed by atoms with Crippen molar-refractivity contribution >= 4 is 67.9 Å². The van der Waals surface area contributed by atoms with Crippen molar-refractivity contribution in [1.29, 1.82) is 0 Å². The number of hydrogen-bond acceptors (Lipinski definition) is 5. The number of benzene rings is 3. The number of thiazole rings is 1. The molecule has 38 heavy (non-hydrogen) atoms. The van der Waals surface area contributed by atoms with Gasteiger partial charge in [-0.1, -0.05) is 46.7 Å². The second-order valence-electron chi connectivity index (χ2n) is 8.17. The minimum atomic E-state index is -4.63. The van der Waals surface area contributed by atoms with Crippen LogP contribution in [0, 0.1) is 0 Å². The van der Waals surface area contributed by atoms with Crippen molar-refractivity contribution in [2.24, 2.45) is 4.99 Å². The van der Waals surface area contributed by atoms with E-state index in [2.05, 4.69) is 15.1 Å². The molecule has 5 nitrogen and oxygen atoms in total. The fourth-order valence-corrected chi connectivity index (χ4v) is 5.91. The summed E-state index contributed by atoms with van der Waals surface area (Å²) in [6, 6.07) is 18.2. The standard InChI is InChI=1S/C26H17Cl2F3N4OS2/c1-14(32-16-8-11-19(28)18(12-16)26(29,30)31)23-21(13-37-17-9-6-15(27)7-10-17)34-35(24(23)36)25-33-20-4-2-3-5-22(20)38-25/h2-12,34H,13H2,1H3. The molecule has 0 aliphatic heterocycles. The van der Waals surface area contributed by atoms with E-state index in [9.17, 15) is 18.0 Å². The quantitative estimate of drug-likeness (QED) is 0.159. The van der Waals surface area contributed by atoms with Crippen LogP contribution in [0.1, 0.15) is 23.7 Å². The first-order chi connectivity index (χ1) is 18.1. The van der Waals surface area contributed by atoms with Gasteiger partial charge in [0.05, 0.1) is 43.5 Å². The molecule has 0 atom stereocenters. The third-order valence-corrected chi connectivity index (χ3v) is 8.19. The maximum Gasteiger partial charge on any atom is 0.417 e. The lowest BCUT2D eigenvalue weighted by molar-refractivity contribution is -0.137. The summed E-state index contributed by atoms with van der Waals surface area (Å²) in [4.78, 5) is 23.5. The molecule has 194 valence electrons. The minimum absolute atomic E-state index is 0.0302. The third-order valence-electron chi connectivity index (χ3n) is 5.55. The van der Waals surface area contributed by atoms with Crippen LogP contribution in [0.4, 0.5) is 18.9 Å². The van der Waals surface area contributed by atoms with Crippen LogP contribution < -0.4 is 5.56 Å². The topological polar surface area (TPSA) is 63.0 Å². The van der Waals surface area contributed by atoms with Gasteiger partial charge in [0.25, 0.3) is 5.56 Å². The van der Waals surface area contributed by atoms with E-state index in [4.69, 9.17) is 23.2 Å². The number of para-hydroxylation sites is 1. The molecule has 0 saturated heterocycles. The van der Waals surface area contributed by atoms with E-state index in [1.54, 1.807) is 19.1 Å². The molecule has 0 aliphatic rings. The fraction of sp³-hybridized carbons (Fsp3) is 0.115. The summed E-state index contributed by atoms with van der Waals surface area (Å²) in [7, 11) is 0. The molecule has 0 radical (unpaired) electrons. The molecule has 12 heteroatoms. The Kier molecular flexibility index (Phi) is 7.41. The fourth-order valence-electron chi connectivity index (χ4n) is 3.79. The number of alkyl halides is 3. The van der Waals surface area contributed by atoms with E-state index < -0.39 is 22.3 Å². The van der Waals surface area contributed by atoms with Crippen molar-refractivity contribution in [3.05, 3.63) is 104 Å². The first-order valence-electron chi connectivity index (χ1n) is 11.1. The van der Waals surface area contributed by atoms with Gasteiger partial charge in [-0.15, -0.1) is 11.8 Å². The molecule has 0 amide bonds. The summed E-state index contributed by atoms with van der Waals surface area (Å²) in [6.07, 6.45) is -4.63. The lowest BCUT2D eigenvalue weighted by Gasteiger charge is -2.09. The molecule has 0 aliphatic carbocycles. The van der Waals surface area contributed by atoms with E-state index >= 15 is 0 Å². The van der Waals surface area contributed by atoms with Crippen LogP contribution in [0.2, 0.25) is 10.0 Å². The highest BCUT2D eigenvalue weighted by molar-refractivity contribution is 7.98. The average molecular weight is 593 g/mol. The Labute approximate surface area is 232 Å². The van der Waals surface area contributed by atoms with Gasteiger partial charge in [-0.3, -0.25) is 14.9 Å². The summed E-state index contributed by atoms with van der Waals surface area (Å²) >= 11 is 14.6. The normalized spacial score (nSPS) is 12.4. The van der Waals surface area contributed by atoms with Crippen LogP contribution in [0.3, 0.4) is 0 Å². The lowest BCUT2D eigenvalue weighted by Crippen LogP contribution is -2.19. The van der Waals surface area contributed by atoms with E-state index in [1.807, 2.05) is 36.4 Å². The first-order valence-corrected chi connectivity index (χ1v) is 13.7. The number of H-pyrrole nitrogens is 1. The van der Waals surface area contributed by atoms with E-state index in [1.165, 1.54) is 33.8 Å². The highest BCUT2D eigenvalue weighted by atomic mass is 35.5. The molecule has 0 fully saturated rings. The van der Waals surface area contributed by atoms with E-state index in [0.717, 1.165) is 27.2 Å². The smallest absolute Gasteiger partial charge is 0.291 e. The molecule has 0 spiro atoms. The van der Waals surface area contributed by atoms with Crippen molar-refractivity contribution in [1.82, 2.24) is 14.8 Å². The Hall–Kier alpha value is -3.05. The first kappa shape index (κ1) is 26.6. The van der Waals surface area contributed by atoms with Crippen LogP contribution in [0.5, 0.6) is 0 Å². The molecule has 0 saturated carbocycles. The van der Waals surface area contributed by atoms with Crippen LogP contribution in [-0.4, -0.2) is 20.5 Å². The van der Waals surface area contributed by atoms with Gasteiger partial charge in [0.2, 0.25) is 5.13 Å². The Morgan fingerprint density at radius 2 is 1.84 bits per heavy atom. The van der Waals surface area contributed by atoms with Gasteiger partial charge in [0.1, 0.15) is 0 Å². The molecule has 5 aromatic rings. The molecule has 0 unspecified atom stereocenters. The molecule has 1 N–H and O–H groups in total. The van der Waals surface area contributed by atoms with Crippen molar-refractivity contribution < 1.29 is 13.2 Å². The van der Waals surface area contributed by atoms with Gasteiger partial charge in [-0.05, 0) is 61.5 Å². The number of hydrogen-bond donors (Lipinski definition) is 1. The molecule has 2 heterocycles. The number of halogens is 5. The van der Waals surface area contributed by atoms with Gasteiger partial charge < -0.3 is 0 Å². The van der Waals surface area contributed by atoms with Crippen molar-refractivity contribution in [3.8, 4) is 5.13 Å². The zero-order chi connectivity index (χ0) is 27.0. The number of aromatic amines is 1. The van der Waals surface area contributed by atoms with E-state index in [-0.39, 0.29) is 17.0 Å². The van der Waals surface area contributed by atoms with Gasteiger partial charge in [-0.25, -0.2) is 4.98 Å². The number of thioether (sulfide) groups is 1. The number of aliphatic imine (C=N–C) groups is 1. The van der Waals surface area contributed by atoms with Crippen molar-refractivity contribution in [3.63, 3.8) is 0 Å². The molecule has 2 aromatic heterocycles. The van der Waals surface area contributed by atoms with Crippen molar-refractivity contribution in [2.45, 2.75) is 23.7 Å². The number of nitrogens with one attached hydrogen (secondary N) is 1. The lowest BCUT2D eigenvalue weighted by atomic mass is 10.1.